The van der Waals surface area contributed by atoms with Gasteiger partial charge in [0.1, 0.15) is 6.04 Å². The summed E-state index contributed by atoms with van der Waals surface area (Å²) in [6.45, 7) is 8.58. The van der Waals surface area contributed by atoms with Gasteiger partial charge in [0.25, 0.3) is 0 Å². The Morgan fingerprint density at radius 1 is 1.33 bits per heavy atom. The van der Waals surface area contributed by atoms with Crippen LogP contribution in [0.5, 0.6) is 0 Å². The maximum Gasteiger partial charge on any atom is 0.428 e. The third kappa shape index (κ3) is 5.62. The number of carbonyl (C=O) groups excluding carboxylic acids is 2. The highest BCUT2D eigenvalue weighted by Crippen LogP contribution is 2.51. The fraction of sp³-hybridized carbons (Fsp3) is 0.789. The van der Waals surface area contributed by atoms with Crippen LogP contribution in [0.15, 0.2) is 12.7 Å². The summed E-state index contributed by atoms with van der Waals surface area (Å²) in [5.41, 5.74) is -3.28. The number of amides is 1. The molecule has 0 aromatic rings. The van der Waals surface area contributed by atoms with Gasteiger partial charge in [-0.1, -0.05) is 26.8 Å². The van der Waals surface area contributed by atoms with E-state index in [-0.39, 0.29) is 6.42 Å². The molecule has 0 aromatic carbocycles. The van der Waals surface area contributed by atoms with E-state index >= 15 is 0 Å². The highest BCUT2D eigenvalue weighted by Gasteiger charge is 2.64. The molecule has 8 heteroatoms. The van der Waals surface area contributed by atoms with E-state index in [2.05, 4.69) is 16.6 Å². The summed E-state index contributed by atoms with van der Waals surface area (Å²) in [5, 5.41) is 2.27. The molecule has 27 heavy (non-hydrogen) atoms. The average Bonchev–Trinajstić information content (AvgIpc) is 2.95. The fourth-order valence-corrected chi connectivity index (χ4v) is 3.56. The first-order valence-electron chi connectivity index (χ1n) is 9.14. The van der Waals surface area contributed by atoms with E-state index in [1.807, 2.05) is 0 Å². The Morgan fingerprint density at radius 2 is 1.96 bits per heavy atom. The third-order valence-corrected chi connectivity index (χ3v) is 5.04. The first-order valence-corrected chi connectivity index (χ1v) is 9.14. The van der Waals surface area contributed by atoms with Crippen molar-refractivity contribution in [1.82, 2.24) is 5.32 Å². The van der Waals surface area contributed by atoms with E-state index in [1.54, 1.807) is 26.8 Å². The lowest BCUT2D eigenvalue weighted by Crippen LogP contribution is -2.56. The second-order valence-electron chi connectivity index (χ2n) is 8.05. The molecule has 0 radical (unpaired) electrons. The molecule has 0 saturated heterocycles. The van der Waals surface area contributed by atoms with Crippen LogP contribution in [0.3, 0.4) is 0 Å². The van der Waals surface area contributed by atoms with Crippen molar-refractivity contribution < 1.29 is 32.2 Å². The van der Waals surface area contributed by atoms with Crippen molar-refractivity contribution >= 4 is 12.1 Å². The summed E-state index contributed by atoms with van der Waals surface area (Å²) in [4.78, 5) is 24.3. The number of methoxy groups -OCH3 is 1. The molecule has 1 fully saturated rings. The number of alkyl halides is 3. The molecule has 0 aromatic heterocycles. The van der Waals surface area contributed by atoms with Crippen molar-refractivity contribution in [3.8, 4) is 0 Å². The van der Waals surface area contributed by atoms with Crippen LogP contribution in [0.2, 0.25) is 0 Å². The van der Waals surface area contributed by atoms with Crippen LogP contribution in [0.4, 0.5) is 18.0 Å². The second-order valence-corrected chi connectivity index (χ2v) is 8.05. The standard InChI is InChI=1S/C19H30F3NO4/c1-6-7-8-10-13-11-9-12-18(13,19(20,21)22)27-16(25)23-14(15(24)26-5)17(2,3)4/h6,13-14H,1,7-12H2,2-5H3,(H,23,25)/t13-,14-,18?/m1/s1. The number of unbranched alkanes of at least 4 members (excludes halogenated alkanes) is 1. The Morgan fingerprint density at radius 3 is 2.44 bits per heavy atom. The van der Waals surface area contributed by atoms with Gasteiger partial charge in [0.2, 0.25) is 5.60 Å². The Bertz CT molecular complexity index is 542. The number of carbonyl (C=O) groups is 2. The maximum absolute atomic E-state index is 13.9. The zero-order valence-corrected chi connectivity index (χ0v) is 16.4. The largest absolute Gasteiger partial charge is 0.467 e. The first-order chi connectivity index (χ1) is 12.4. The van der Waals surface area contributed by atoms with Gasteiger partial charge in [0.15, 0.2) is 0 Å². The van der Waals surface area contributed by atoms with Gasteiger partial charge in [-0.3, -0.25) is 0 Å². The number of alkyl carbamates (subject to hydrolysis) is 1. The fourth-order valence-electron chi connectivity index (χ4n) is 3.56. The van der Waals surface area contributed by atoms with Crippen LogP contribution in [0.25, 0.3) is 0 Å². The molecule has 1 saturated carbocycles. The van der Waals surface area contributed by atoms with Crippen molar-refractivity contribution in [3.63, 3.8) is 0 Å². The molecule has 5 nitrogen and oxygen atoms in total. The SMILES string of the molecule is C=CCCC[C@@H]1CCCC1(OC(=O)N[C@H](C(=O)OC)C(C)(C)C)C(F)(F)F. The van der Waals surface area contributed by atoms with E-state index in [1.165, 1.54) is 0 Å². The van der Waals surface area contributed by atoms with Crippen LogP contribution < -0.4 is 5.32 Å². The highest BCUT2D eigenvalue weighted by atomic mass is 19.4. The molecular weight excluding hydrogens is 363 g/mol. The molecule has 3 atom stereocenters. The van der Waals surface area contributed by atoms with Crippen LogP contribution in [-0.2, 0) is 14.3 Å². The molecule has 156 valence electrons. The number of allylic oxidation sites excluding steroid dienone is 1. The van der Waals surface area contributed by atoms with Gasteiger partial charge >= 0.3 is 18.2 Å². The molecule has 0 spiro atoms. The van der Waals surface area contributed by atoms with Crippen LogP contribution >= 0.6 is 0 Å². The zero-order chi connectivity index (χ0) is 20.9. The molecule has 0 bridgehead atoms. The van der Waals surface area contributed by atoms with Crippen LogP contribution in [0, 0.1) is 11.3 Å². The molecule has 1 rings (SSSR count). The second kappa shape index (κ2) is 8.97. The first kappa shape index (κ1) is 23.3. The van der Waals surface area contributed by atoms with Gasteiger partial charge in [-0.25, -0.2) is 9.59 Å². The average molecular weight is 393 g/mol. The highest BCUT2D eigenvalue weighted by molar-refractivity contribution is 5.82. The van der Waals surface area contributed by atoms with E-state index < -0.39 is 41.2 Å². The Balaban J connectivity index is 3.01. The summed E-state index contributed by atoms with van der Waals surface area (Å²) in [6, 6.07) is -1.12. The van der Waals surface area contributed by atoms with E-state index in [4.69, 9.17) is 4.74 Å². The normalized spacial score (nSPS) is 24.2. The summed E-state index contributed by atoms with van der Waals surface area (Å²) < 4.78 is 51.4. The minimum atomic E-state index is -4.69. The molecule has 1 aliphatic carbocycles. The van der Waals surface area contributed by atoms with Crippen molar-refractivity contribution in [2.75, 3.05) is 7.11 Å². The molecular formula is C19H30F3NO4. The van der Waals surface area contributed by atoms with Gasteiger partial charge in [-0.2, -0.15) is 13.2 Å². The summed E-state index contributed by atoms with van der Waals surface area (Å²) >= 11 is 0. The van der Waals surface area contributed by atoms with E-state index in [0.717, 1.165) is 7.11 Å². The Kier molecular flexibility index (Phi) is 7.75. The van der Waals surface area contributed by atoms with Gasteiger partial charge in [0.05, 0.1) is 7.11 Å². The van der Waals surface area contributed by atoms with Gasteiger partial charge in [-0.05, 0) is 43.9 Å². The number of nitrogens with one attached hydrogen (secondary N) is 1. The summed E-state index contributed by atoms with van der Waals surface area (Å²) in [5.74, 6) is -1.55. The number of esters is 1. The molecule has 0 heterocycles. The maximum atomic E-state index is 13.9. The monoisotopic (exact) mass is 393 g/mol. The molecule has 0 aliphatic heterocycles. The lowest BCUT2D eigenvalue weighted by molar-refractivity contribution is -0.271. The molecule has 1 N–H and O–H groups in total. The van der Waals surface area contributed by atoms with Gasteiger partial charge < -0.3 is 14.8 Å². The van der Waals surface area contributed by atoms with Gasteiger partial charge in [-0.15, -0.1) is 6.58 Å². The molecule has 1 aliphatic rings. The quantitative estimate of drug-likeness (QED) is 0.385. The lowest BCUT2D eigenvalue weighted by Gasteiger charge is -2.38. The zero-order valence-electron chi connectivity index (χ0n) is 16.4. The minimum absolute atomic E-state index is 0.277. The van der Waals surface area contributed by atoms with E-state index in [9.17, 15) is 22.8 Å². The number of hydrogen-bond acceptors (Lipinski definition) is 4. The number of rotatable bonds is 7. The van der Waals surface area contributed by atoms with Crippen molar-refractivity contribution in [2.24, 2.45) is 11.3 Å². The summed E-state index contributed by atoms with van der Waals surface area (Å²) in [7, 11) is 1.15. The van der Waals surface area contributed by atoms with Gasteiger partial charge in [0, 0.05) is 5.92 Å². The van der Waals surface area contributed by atoms with Crippen molar-refractivity contribution in [3.05, 3.63) is 12.7 Å². The molecule has 1 unspecified atom stereocenters. The lowest BCUT2D eigenvalue weighted by atomic mass is 9.85. The predicted molar refractivity (Wildman–Crippen MR) is 95.1 cm³/mol. The molecule has 1 amide bonds. The Hall–Kier alpha value is -1.73. The number of ether oxygens (including phenoxy) is 2. The van der Waals surface area contributed by atoms with Crippen LogP contribution in [-0.4, -0.2) is 37.0 Å². The van der Waals surface area contributed by atoms with E-state index in [0.29, 0.717) is 32.1 Å². The third-order valence-electron chi connectivity index (χ3n) is 5.04. The topological polar surface area (TPSA) is 64.6 Å². The Labute approximate surface area is 158 Å². The van der Waals surface area contributed by atoms with Crippen molar-refractivity contribution in [2.45, 2.75) is 77.1 Å². The number of halogens is 3. The van der Waals surface area contributed by atoms with Crippen LogP contribution in [0.1, 0.15) is 59.3 Å². The smallest absolute Gasteiger partial charge is 0.428 e. The van der Waals surface area contributed by atoms with Crippen molar-refractivity contribution in [1.29, 1.82) is 0 Å². The predicted octanol–water partition coefficient (Wildman–Crippen LogP) is 4.76. The summed E-state index contributed by atoms with van der Waals surface area (Å²) in [6.07, 6.45) is -2.47. The minimum Gasteiger partial charge on any atom is -0.467 e. The number of hydrogen-bond donors (Lipinski definition) is 1.